The third kappa shape index (κ3) is 3.10. The van der Waals surface area contributed by atoms with Gasteiger partial charge in [-0.1, -0.05) is 6.07 Å². The van der Waals surface area contributed by atoms with Gasteiger partial charge in [-0.15, -0.1) is 0 Å². The normalized spacial score (nSPS) is 25.7. The fourth-order valence-corrected chi connectivity index (χ4v) is 3.80. The van der Waals surface area contributed by atoms with E-state index >= 15 is 0 Å². The highest BCUT2D eigenvalue weighted by Crippen LogP contribution is 2.27. The summed E-state index contributed by atoms with van der Waals surface area (Å²) >= 11 is 0. The molecule has 6 heteroatoms. The van der Waals surface area contributed by atoms with Crippen LogP contribution >= 0.6 is 0 Å². The van der Waals surface area contributed by atoms with E-state index in [0.29, 0.717) is 12.3 Å². The van der Waals surface area contributed by atoms with Crippen molar-refractivity contribution in [2.75, 3.05) is 18.9 Å². The monoisotopic (exact) mass is 313 g/mol. The summed E-state index contributed by atoms with van der Waals surface area (Å²) in [5.74, 6) is -0.356. The highest BCUT2D eigenvalue weighted by atomic mass is 32.2. The largest absolute Gasteiger partial charge is 0.490 e. The van der Waals surface area contributed by atoms with Crippen LogP contribution < -0.4 is 4.74 Å². The first-order valence-electron chi connectivity index (χ1n) is 7.06. The Balaban J connectivity index is 2.32. The van der Waals surface area contributed by atoms with E-state index < -0.39 is 16.6 Å². The second-order valence-corrected chi connectivity index (χ2v) is 6.99. The first-order chi connectivity index (χ1) is 9.97. The average molecular weight is 313 g/mol. The van der Waals surface area contributed by atoms with Gasteiger partial charge in [-0.25, -0.2) is 4.39 Å². The summed E-state index contributed by atoms with van der Waals surface area (Å²) in [7, 11) is -0.921. The third-order valence-electron chi connectivity index (χ3n) is 3.87. The van der Waals surface area contributed by atoms with Gasteiger partial charge >= 0.3 is 0 Å². The molecule has 0 radical (unpaired) electrons. The number of carbonyl (C=O) groups excluding carboxylic acids is 1. The number of para-hydroxylation sites is 1. The van der Waals surface area contributed by atoms with E-state index in [1.807, 2.05) is 13.8 Å². The van der Waals surface area contributed by atoms with E-state index in [-0.39, 0.29) is 35.1 Å². The molecule has 1 aliphatic heterocycles. The zero-order valence-electron chi connectivity index (χ0n) is 12.5. The van der Waals surface area contributed by atoms with Crippen molar-refractivity contribution in [3.05, 3.63) is 29.6 Å². The Kier molecular flexibility index (Phi) is 4.98. The van der Waals surface area contributed by atoms with Crippen molar-refractivity contribution < 1.29 is 18.1 Å². The molecule has 3 atom stereocenters. The van der Waals surface area contributed by atoms with Crippen molar-refractivity contribution in [2.45, 2.75) is 32.1 Å². The molecule has 0 aliphatic carbocycles. The summed E-state index contributed by atoms with van der Waals surface area (Å²) in [5.41, 5.74) is 0.226. The third-order valence-corrected chi connectivity index (χ3v) is 5.67. The first-order valence-corrected chi connectivity index (χ1v) is 8.45. The van der Waals surface area contributed by atoms with E-state index in [4.69, 9.17) is 4.74 Å². The first kappa shape index (κ1) is 15.9. The Bertz CT molecular complexity index is 564. The van der Waals surface area contributed by atoms with Gasteiger partial charge < -0.3 is 9.64 Å². The lowest BCUT2D eigenvalue weighted by molar-refractivity contribution is 0.0690. The average Bonchev–Trinajstić information content (AvgIpc) is 2.46. The number of nitrogens with zero attached hydrogens (tertiary/aromatic N) is 1. The zero-order chi connectivity index (χ0) is 15.6. The molecule has 1 saturated heterocycles. The smallest absolute Gasteiger partial charge is 0.258 e. The number of halogens is 1. The summed E-state index contributed by atoms with van der Waals surface area (Å²) in [5, 5.41) is -0.0909. The second kappa shape index (κ2) is 6.56. The molecule has 0 bridgehead atoms. The van der Waals surface area contributed by atoms with Gasteiger partial charge in [0.15, 0.2) is 11.6 Å². The van der Waals surface area contributed by atoms with Crippen molar-refractivity contribution in [3.8, 4) is 5.75 Å². The minimum Gasteiger partial charge on any atom is -0.490 e. The molecule has 1 aromatic carbocycles. The number of rotatable bonds is 3. The molecule has 4 nitrogen and oxygen atoms in total. The summed E-state index contributed by atoms with van der Waals surface area (Å²) in [6, 6.07) is 4.20. The number of hydrogen-bond acceptors (Lipinski definition) is 3. The number of benzene rings is 1. The lowest BCUT2D eigenvalue weighted by atomic mass is 10.1. The molecule has 0 unspecified atom stereocenters. The van der Waals surface area contributed by atoms with Crippen LogP contribution in [0.1, 0.15) is 31.1 Å². The zero-order valence-corrected chi connectivity index (χ0v) is 13.3. The topological polar surface area (TPSA) is 46.6 Å². The maximum absolute atomic E-state index is 13.9. The Labute approximate surface area is 126 Å². The maximum atomic E-state index is 13.9. The molecule has 21 heavy (non-hydrogen) atoms. The van der Waals surface area contributed by atoms with Crippen LogP contribution in [0.3, 0.4) is 0 Å². The van der Waals surface area contributed by atoms with E-state index in [9.17, 15) is 13.4 Å². The van der Waals surface area contributed by atoms with Gasteiger partial charge in [0.05, 0.1) is 17.4 Å². The molecule has 2 rings (SSSR count). The van der Waals surface area contributed by atoms with Gasteiger partial charge in [0, 0.05) is 29.1 Å². The Morgan fingerprint density at radius 3 is 2.86 bits per heavy atom. The maximum Gasteiger partial charge on any atom is 0.258 e. The standard InChI is InChI=1S/C15H20FNO3S/c1-4-20-14-12(6-5-7-13(14)16)15(18)17-8-9-21(19)11(3)10(17)2/h5-7,10-11H,4,8-9H2,1-3H3/t10-,11-,21+/m0/s1. The molecule has 0 spiro atoms. The highest BCUT2D eigenvalue weighted by molar-refractivity contribution is 7.85. The van der Waals surface area contributed by atoms with Crippen LogP contribution in [0.4, 0.5) is 4.39 Å². The molecule has 0 N–H and O–H groups in total. The highest BCUT2D eigenvalue weighted by Gasteiger charge is 2.34. The summed E-state index contributed by atoms with van der Waals surface area (Å²) in [6.07, 6.45) is 0. The van der Waals surface area contributed by atoms with Crippen LogP contribution in [0.25, 0.3) is 0 Å². The molecule has 116 valence electrons. The minimum absolute atomic E-state index is 0.00320. The lowest BCUT2D eigenvalue weighted by Gasteiger charge is -2.37. The van der Waals surface area contributed by atoms with Crippen molar-refractivity contribution in [2.24, 2.45) is 0 Å². The van der Waals surface area contributed by atoms with Crippen molar-refractivity contribution >= 4 is 16.7 Å². The van der Waals surface area contributed by atoms with Crippen LogP contribution in [-0.4, -0.2) is 45.2 Å². The van der Waals surface area contributed by atoms with E-state index in [0.717, 1.165) is 0 Å². The van der Waals surface area contributed by atoms with Gasteiger partial charge in [0.2, 0.25) is 0 Å². The van der Waals surface area contributed by atoms with Gasteiger partial charge in [-0.3, -0.25) is 9.00 Å². The van der Waals surface area contributed by atoms with Crippen LogP contribution in [-0.2, 0) is 10.8 Å². The molecular weight excluding hydrogens is 293 g/mol. The SMILES string of the molecule is CCOc1c(F)cccc1C(=O)N1CC[S@@](=O)[C@@H](C)[C@@H]1C. The quantitative estimate of drug-likeness (QED) is 0.859. The van der Waals surface area contributed by atoms with E-state index in [2.05, 4.69) is 0 Å². The molecule has 1 aliphatic rings. The van der Waals surface area contributed by atoms with Gasteiger partial charge in [-0.05, 0) is 32.9 Å². The minimum atomic E-state index is -0.921. The summed E-state index contributed by atoms with van der Waals surface area (Å²) < 4.78 is 31.0. The second-order valence-electron chi connectivity index (χ2n) is 5.08. The predicted molar refractivity (Wildman–Crippen MR) is 80.5 cm³/mol. The van der Waals surface area contributed by atoms with Gasteiger partial charge in [-0.2, -0.15) is 0 Å². The number of amides is 1. The molecule has 1 heterocycles. The van der Waals surface area contributed by atoms with Crippen LogP contribution in [0.2, 0.25) is 0 Å². The van der Waals surface area contributed by atoms with Crippen LogP contribution in [0, 0.1) is 5.82 Å². The molecule has 1 fully saturated rings. The molecule has 0 saturated carbocycles. The van der Waals surface area contributed by atoms with Crippen molar-refractivity contribution in [1.29, 1.82) is 0 Å². The fourth-order valence-electron chi connectivity index (χ4n) is 2.46. The Morgan fingerprint density at radius 2 is 2.19 bits per heavy atom. The van der Waals surface area contributed by atoms with Crippen LogP contribution in [0.15, 0.2) is 18.2 Å². The Morgan fingerprint density at radius 1 is 1.48 bits per heavy atom. The summed E-state index contributed by atoms with van der Waals surface area (Å²) in [6.45, 7) is 6.19. The van der Waals surface area contributed by atoms with E-state index in [1.54, 1.807) is 17.9 Å². The van der Waals surface area contributed by atoms with Gasteiger partial charge in [0.25, 0.3) is 5.91 Å². The van der Waals surface area contributed by atoms with Crippen LogP contribution in [0.5, 0.6) is 5.75 Å². The molecule has 1 aromatic rings. The molecular formula is C15H20FNO3S. The van der Waals surface area contributed by atoms with Gasteiger partial charge in [0.1, 0.15) is 0 Å². The Hall–Kier alpha value is -1.43. The predicted octanol–water partition coefficient (Wildman–Crippen LogP) is 2.21. The van der Waals surface area contributed by atoms with Crippen molar-refractivity contribution in [1.82, 2.24) is 4.90 Å². The number of carbonyl (C=O) groups is 1. The number of hydrogen-bond donors (Lipinski definition) is 0. The fraction of sp³-hybridized carbons (Fsp3) is 0.533. The molecule has 1 amide bonds. The number of ether oxygens (including phenoxy) is 1. The molecule has 0 aromatic heterocycles. The lowest BCUT2D eigenvalue weighted by Crippen LogP contribution is -2.52. The summed E-state index contributed by atoms with van der Waals surface area (Å²) in [4.78, 5) is 14.3. The van der Waals surface area contributed by atoms with E-state index in [1.165, 1.54) is 12.1 Å². The van der Waals surface area contributed by atoms with Crippen molar-refractivity contribution in [3.63, 3.8) is 0 Å².